The van der Waals surface area contributed by atoms with Gasteiger partial charge in [-0.25, -0.2) is 0 Å². The summed E-state index contributed by atoms with van der Waals surface area (Å²) >= 11 is 0. The third-order valence-corrected chi connectivity index (χ3v) is 5.34. The van der Waals surface area contributed by atoms with Crippen molar-refractivity contribution in [3.63, 3.8) is 0 Å². The predicted molar refractivity (Wildman–Crippen MR) is 93.1 cm³/mol. The van der Waals surface area contributed by atoms with E-state index in [1.165, 1.54) is 11.1 Å². The van der Waals surface area contributed by atoms with Gasteiger partial charge in [-0.15, -0.1) is 0 Å². The minimum absolute atomic E-state index is 0.0800. The molecule has 5 heteroatoms. The molecule has 132 valence electrons. The van der Waals surface area contributed by atoms with Crippen molar-refractivity contribution in [2.24, 2.45) is 5.92 Å². The number of amides is 1. The molecule has 2 aliphatic rings. The van der Waals surface area contributed by atoms with Gasteiger partial charge in [0, 0.05) is 24.9 Å². The molecule has 0 unspecified atom stereocenters. The zero-order valence-electron chi connectivity index (χ0n) is 14.7. The van der Waals surface area contributed by atoms with E-state index in [1.807, 2.05) is 29.2 Å². The molecule has 25 heavy (non-hydrogen) atoms. The Morgan fingerprint density at radius 2 is 1.76 bits per heavy atom. The lowest BCUT2D eigenvalue weighted by atomic mass is 10.0. The number of ether oxygens (including phenoxy) is 2. The van der Waals surface area contributed by atoms with Crippen LogP contribution in [0.3, 0.4) is 0 Å². The lowest BCUT2D eigenvalue weighted by Crippen LogP contribution is -2.34. The van der Waals surface area contributed by atoms with Gasteiger partial charge in [-0.3, -0.25) is 4.79 Å². The fourth-order valence-electron chi connectivity index (χ4n) is 3.79. The van der Waals surface area contributed by atoms with E-state index in [4.69, 9.17) is 13.9 Å². The summed E-state index contributed by atoms with van der Waals surface area (Å²) in [5.74, 6) is 3.03. The van der Waals surface area contributed by atoms with Crippen molar-refractivity contribution < 1.29 is 18.7 Å². The molecule has 0 saturated heterocycles. The molecule has 1 saturated carbocycles. The molecule has 0 N–H and O–H groups in total. The van der Waals surface area contributed by atoms with E-state index in [-0.39, 0.29) is 17.7 Å². The molecule has 2 atom stereocenters. The van der Waals surface area contributed by atoms with Crippen LogP contribution in [0.25, 0.3) is 0 Å². The van der Waals surface area contributed by atoms with Crippen LogP contribution in [0.15, 0.2) is 34.9 Å². The SMILES string of the molecule is COc1cc2c(cc1OC)CCN(C(=O)[C@@H]1C[C@@H]1c1ccco1)CC2. The number of carbonyl (C=O) groups excluding carboxylic acids is 1. The highest BCUT2D eigenvalue weighted by atomic mass is 16.5. The Bertz CT molecular complexity index is 733. The maximum Gasteiger partial charge on any atom is 0.226 e. The van der Waals surface area contributed by atoms with Gasteiger partial charge in [-0.2, -0.15) is 0 Å². The van der Waals surface area contributed by atoms with Gasteiger partial charge >= 0.3 is 0 Å². The summed E-state index contributed by atoms with van der Waals surface area (Å²) in [7, 11) is 3.30. The van der Waals surface area contributed by atoms with E-state index in [1.54, 1.807) is 20.5 Å². The van der Waals surface area contributed by atoms with Gasteiger partial charge in [0.15, 0.2) is 11.5 Å². The van der Waals surface area contributed by atoms with Gasteiger partial charge in [0.2, 0.25) is 5.91 Å². The zero-order chi connectivity index (χ0) is 17.4. The van der Waals surface area contributed by atoms with Crippen molar-refractivity contribution in [2.45, 2.75) is 25.2 Å². The van der Waals surface area contributed by atoms with Crippen molar-refractivity contribution >= 4 is 5.91 Å². The summed E-state index contributed by atoms with van der Waals surface area (Å²) in [4.78, 5) is 14.9. The van der Waals surface area contributed by atoms with Gasteiger partial charge in [-0.05, 0) is 54.7 Å². The Labute approximate surface area is 147 Å². The van der Waals surface area contributed by atoms with Crippen LogP contribution in [0.4, 0.5) is 0 Å². The first-order chi connectivity index (χ1) is 12.2. The smallest absolute Gasteiger partial charge is 0.226 e. The summed E-state index contributed by atoms with van der Waals surface area (Å²) in [5.41, 5.74) is 2.48. The molecule has 2 heterocycles. The minimum Gasteiger partial charge on any atom is -0.493 e. The lowest BCUT2D eigenvalue weighted by molar-refractivity contribution is -0.132. The second kappa shape index (κ2) is 6.47. The highest BCUT2D eigenvalue weighted by Crippen LogP contribution is 2.48. The molecule has 5 nitrogen and oxygen atoms in total. The van der Waals surface area contributed by atoms with E-state index in [0.29, 0.717) is 0 Å². The number of rotatable bonds is 4. The first-order valence-electron chi connectivity index (χ1n) is 8.77. The van der Waals surface area contributed by atoms with Crippen LogP contribution in [0.2, 0.25) is 0 Å². The summed E-state index contributed by atoms with van der Waals surface area (Å²) in [6.07, 6.45) is 4.27. The number of benzene rings is 1. The first-order valence-corrected chi connectivity index (χ1v) is 8.77. The monoisotopic (exact) mass is 341 g/mol. The average Bonchev–Trinajstić information content (AvgIpc) is 3.32. The van der Waals surface area contributed by atoms with Crippen molar-refractivity contribution in [3.8, 4) is 11.5 Å². The third kappa shape index (κ3) is 2.99. The number of hydrogen-bond donors (Lipinski definition) is 0. The first kappa shape index (κ1) is 16.1. The van der Waals surface area contributed by atoms with Crippen LogP contribution >= 0.6 is 0 Å². The average molecular weight is 341 g/mol. The zero-order valence-corrected chi connectivity index (χ0v) is 14.7. The second-order valence-electron chi connectivity index (χ2n) is 6.77. The van der Waals surface area contributed by atoms with Crippen molar-refractivity contribution in [3.05, 3.63) is 47.4 Å². The van der Waals surface area contributed by atoms with Crippen LogP contribution in [0.5, 0.6) is 11.5 Å². The van der Waals surface area contributed by atoms with E-state index in [2.05, 4.69) is 0 Å². The third-order valence-electron chi connectivity index (χ3n) is 5.34. The van der Waals surface area contributed by atoms with E-state index >= 15 is 0 Å². The Morgan fingerprint density at radius 1 is 1.12 bits per heavy atom. The molecular formula is C20H23NO4. The van der Waals surface area contributed by atoms with Gasteiger partial charge < -0.3 is 18.8 Å². The van der Waals surface area contributed by atoms with Crippen molar-refractivity contribution in [1.29, 1.82) is 0 Å². The van der Waals surface area contributed by atoms with Crippen molar-refractivity contribution in [2.75, 3.05) is 27.3 Å². The maximum absolute atomic E-state index is 12.9. The fraction of sp³-hybridized carbons (Fsp3) is 0.450. The largest absolute Gasteiger partial charge is 0.493 e. The number of methoxy groups -OCH3 is 2. The van der Waals surface area contributed by atoms with Gasteiger partial charge in [0.25, 0.3) is 0 Å². The van der Waals surface area contributed by atoms with Crippen molar-refractivity contribution in [1.82, 2.24) is 4.90 Å². The topological polar surface area (TPSA) is 51.9 Å². The van der Waals surface area contributed by atoms with Crippen LogP contribution in [-0.2, 0) is 17.6 Å². The molecule has 1 aromatic carbocycles. The maximum atomic E-state index is 12.9. The number of fused-ring (bicyclic) bond motifs is 1. The Morgan fingerprint density at radius 3 is 2.28 bits per heavy atom. The van der Waals surface area contributed by atoms with E-state index in [9.17, 15) is 4.79 Å². The Hall–Kier alpha value is -2.43. The number of furan rings is 1. The molecule has 0 radical (unpaired) electrons. The number of carbonyl (C=O) groups is 1. The molecule has 1 amide bonds. The van der Waals surface area contributed by atoms with E-state index in [0.717, 1.165) is 49.6 Å². The molecule has 0 bridgehead atoms. The molecule has 2 aromatic rings. The summed E-state index contributed by atoms with van der Waals surface area (Å²) in [6.45, 7) is 1.51. The highest BCUT2D eigenvalue weighted by Gasteiger charge is 2.47. The highest BCUT2D eigenvalue weighted by molar-refractivity contribution is 5.83. The van der Waals surface area contributed by atoms with Gasteiger partial charge in [0.05, 0.1) is 20.5 Å². The molecule has 1 aliphatic heterocycles. The Kier molecular flexibility index (Phi) is 4.15. The van der Waals surface area contributed by atoms with Crippen LogP contribution in [0.1, 0.15) is 29.2 Å². The standard InChI is InChI=1S/C20H23NO4/c1-23-18-10-13-5-7-21(8-6-14(13)11-19(18)24-2)20(22)16-12-15(16)17-4-3-9-25-17/h3-4,9-11,15-16H,5-8,12H2,1-2H3/t15-,16+/m0/s1. The molecule has 4 rings (SSSR count). The summed E-state index contributed by atoms with van der Waals surface area (Å²) in [5, 5.41) is 0. The predicted octanol–water partition coefficient (Wildman–Crippen LogP) is 3.03. The molecular weight excluding hydrogens is 318 g/mol. The summed E-state index contributed by atoms with van der Waals surface area (Å²) < 4.78 is 16.3. The van der Waals surface area contributed by atoms with Crippen LogP contribution in [0, 0.1) is 5.92 Å². The minimum atomic E-state index is 0.0800. The Balaban J connectivity index is 1.46. The fourth-order valence-corrected chi connectivity index (χ4v) is 3.79. The molecule has 0 spiro atoms. The van der Waals surface area contributed by atoms with Crippen LogP contribution < -0.4 is 9.47 Å². The molecule has 1 fully saturated rings. The van der Waals surface area contributed by atoms with Crippen LogP contribution in [-0.4, -0.2) is 38.1 Å². The van der Waals surface area contributed by atoms with E-state index < -0.39 is 0 Å². The second-order valence-corrected chi connectivity index (χ2v) is 6.77. The molecule has 1 aliphatic carbocycles. The number of hydrogen-bond acceptors (Lipinski definition) is 4. The quantitative estimate of drug-likeness (QED) is 0.858. The summed E-state index contributed by atoms with van der Waals surface area (Å²) in [6, 6.07) is 7.95. The van der Waals surface area contributed by atoms with Gasteiger partial charge in [0.1, 0.15) is 5.76 Å². The normalized spacial score (nSPS) is 22.1. The number of nitrogens with zero attached hydrogens (tertiary/aromatic N) is 1. The lowest BCUT2D eigenvalue weighted by Gasteiger charge is -2.20. The van der Waals surface area contributed by atoms with Gasteiger partial charge in [-0.1, -0.05) is 0 Å². The molecule has 1 aromatic heterocycles.